The summed E-state index contributed by atoms with van der Waals surface area (Å²) in [5.41, 5.74) is 2.94. The Morgan fingerprint density at radius 1 is 1.30 bits per heavy atom. The Bertz CT molecular complexity index is 573. The Hall–Kier alpha value is -1.47. The van der Waals surface area contributed by atoms with Crippen LogP contribution in [-0.2, 0) is 19.5 Å². The van der Waals surface area contributed by atoms with Gasteiger partial charge in [-0.3, -0.25) is 4.99 Å². The zero-order valence-corrected chi connectivity index (χ0v) is 13.6. The molecule has 0 radical (unpaired) electrons. The highest BCUT2D eigenvalue weighted by Crippen LogP contribution is 2.13. The second-order valence-electron chi connectivity index (χ2n) is 4.21. The molecule has 5 nitrogen and oxygen atoms in total. The summed E-state index contributed by atoms with van der Waals surface area (Å²) in [5.74, 6) is 0.783. The molecule has 0 aliphatic rings. The first kappa shape index (κ1) is 14.9. The van der Waals surface area contributed by atoms with Gasteiger partial charge >= 0.3 is 0 Å². The number of nitrogens with one attached hydrogen (secondary N) is 2. The Morgan fingerprint density at radius 2 is 2.10 bits per heavy atom. The lowest BCUT2D eigenvalue weighted by Crippen LogP contribution is -2.36. The number of guanidine groups is 1. The van der Waals surface area contributed by atoms with Crippen LogP contribution in [0.15, 0.2) is 16.7 Å². The second-order valence-corrected chi connectivity index (χ2v) is 6.35. The lowest BCUT2D eigenvalue weighted by molar-refractivity contribution is 0.807. The molecule has 0 aliphatic carbocycles. The fourth-order valence-corrected chi connectivity index (χ4v) is 3.15. The van der Waals surface area contributed by atoms with E-state index in [1.165, 1.54) is 9.75 Å². The molecule has 0 aliphatic heterocycles. The van der Waals surface area contributed by atoms with Crippen molar-refractivity contribution in [2.45, 2.75) is 33.4 Å². The highest BCUT2D eigenvalue weighted by molar-refractivity contribution is 7.11. The fourth-order valence-electron chi connectivity index (χ4n) is 1.63. The molecule has 0 fully saturated rings. The summed E-state index contributed by atoms with van der Waals surface area (Å²) in [4.78, 5) is 15.4. The summed E-state index contributed by atoms with van der Waals surface area (Å²) >= 11 is 3.40. The first-order chi connectivity index (χ1) is 9.72. The number of hydrogen-bond donors (Lipinski definition) is 2. The van der Waals surface area contributed by atoms with Gasteiger partial charge in [0, 0.05) is 23.0 Å². The van der Waals surface area contributed by atoms with E-state index in [9.17, 15) is 0 Å². The molecule has 20 heavy (non-hydrogen) atoms. The molecule has 0 bridgehead atoms. The summed E-state index contributed by atoms with van der Waals surface area (Å²) < 4.78 is 0. The quantitative estimate of drug-likeness (QED) is 0.657. The van der Waals surface area contributed by atoms with Crippen molar-refractivity contribution in [1.29, 1.82) is 0 Å². The van der Waals surface area contributed by atoms with Crippen LogP contribution in [0.1, 0.15) is 27.4 Å². The largest absolute Gasteiger partial charge is 0.351 e. The average molecular weight is 309 g/mol. The normalized spacial score (nSPS) is 11.7. The van der Waals surface area contributed by atoms with Crippen LogP contribution in [0.5, 0.6) is 0 Å². The molecular formula is C13H19N5S2. The third-order valence-electron chi connectivity index (χ3n) is 2.84. The Balaban J connectivity index is 1.82. The predicted octanol–water partition coefficient (Wildman–Crippen LogP) is 2.34. The first-order valence-corrected chi connectivity index (χ1v) is 8.19. The van der Waals surface area contributed by atoms with Gasteiger partial charge in [-0.05, 0) is 13.3 Å². The number of aromatic nitrogens is 2. The molecule has 2 rings (SSSR count). The van der Waals surface area contributed by atoms with Gasteiger partial charge in [-0.1, -0.05) is 6.92 Å². The van der Waals surface area contributed by atoms with Crippen LogP contribution in [0.25, 0.3) is 0 Å². The summed E-state index contributed by atoms with van der Waals surface area (Å²) in [6, 6.07) is 0. The molecule has 2 aromatic rings. The predicted molar refractivity (Wildman–Crippen MR) is 85.4 cm³/mol. The van der Waals surface area contributed by atoms with Crippen molar-refractivity contribution in [3.63, 3.8) is 0 Å². The maximum Gasteiger partial charge on any atom is 0.191 e. The van der Waals surface area contributed by atoms with Crippen molar-refractivity contribution in [3.05, 3.63) is 32.2 Å². The van der Waals surface area contributed by atoms with Crippen LogP contribution in [0.4, 0.5) is 0 Å². The van der Waals surface area contributed by atoms with E-state index in [0.717, 1.165) is 29.6 Å². The molecule has 0 unspecified atom stereocenters. The SMILES string of the molecule is CCc1cnc(CNC(=NC)NCc2scnc2C)s1. The van der Waals surface area contributed by atoms with Crippen LogP contribution < -0.4 is 10.6 Å². The van der Waals surface area contributed by atoms with Gasteiger partial charge in [0.15, 0.2) is 5.96 Å². The number of nitrogens with zero attached hydrogens (tertiary/aromatic N) is 3. The number of aliphatic imine (C=N–C) groups is 1. The molecule has 0 saturated heterocycles. The minimum absolute atomic E-state index is 0.700. The third kappa shape index (κ3) is 4.01. The summed E-state index contributed by atoms with van der Waals surface area (Å²) in [6.07, 6.45) is 2.98. The van der Waals surface area contributed by atoms with E-state index in [1.807, 2.05) is 18.6 Å². The van der Waals surface area contributed by atoms with E-state index in [-0.39, 0.29) is 0 Å². The van der Waals surface area contributed by atoms with E-state index in [2.05, 4.69) is 32.5 Å². The summed E-state index contributed by atoms with van der Waals surface area (Å²) in [6.45, 7) is 5.61. The summed E-state index contributed by atoms with van der Waals surface area (Å²) in [7, 11) is 1.77. The Morgan fingerprint density at radius 3 is 2.70 bits per heavy atom. The van der Waals surface area contributed by atoms with E-state index in [4.69, 9.17) is 0 Å². The highest BCUT2D eigenvalue weighted by atomic mass is 32.1. The zero-order valence-electron chi connectivity index (χ0n) is 11.9. The lowest BCUT2D eigenvalue weighted by Gasteiger charge is -2.10. The van der Waals surface area contributed by atoms with E-state index in [1.54, 1.807) is 29.7 Å². The van der Waals surface area contributed by atoms with Gasteiger partial charge in [0.2, 0.25) is 0 Å². The number of thiazole rings is 2. The number of hydrogen-bond acceptors (Lipinski definition) is 5. The summed E-state index contributed by atoms with van der Waals surface area (Å²) in [5, 5.41) is 7.65. The minimum atomic E-state index is 0.700. The highest BCUT2D eigenvalue weighted by Gasteiger charge is 2.05. The van der Waals surface area contributed by atoms with Crippen LogP contribution in [-0.4, -0.2) is 23.0 Å². The van der Waals surface area contributed by atoms with Gasteiger partial charge in [0.05, 0.1) is 24.3 Å². The van der Waals surface area contributed by atoms with Crippen molar-refractivity contribution in [3.8, 4) is 0 Å². The van der Waals surface area contributed by atoms with Crippen LogP contribution >= 0.6 is 22.7 Å². The number of aryl methyl sites for hydroxylation is 2. The molecule has 0 amide bonds. The van der Waals surface area contributed by atoms with Gasteiger partial charge in [-0.15, -0.1) is 22.7 Å². The van der Waals surface area contributed by atoms with Gasteiger partial charge in [0.25, 0.3) is 0 Å². The second kappa shape index (κ2) is 7.35. The average Bonchev–Trinajstić information content (AvgIpc) is 3.08. The minimum Gasteiger partial charge on any atom is -0.351 e. The van der Waals surface area contributed by atoms with Crippen molar-refractivity contribution < 1.29 is 0 Å². The number of rotatable bonds is 5. The van der Waals surface area contributed by atoms with Gasteiger partial charge in [-0.25, -0.2) is 9.97 Å². The Labute approximate surface area is 127 Å². The topological polar surface area (TPSA) is 62.2 Å². The first-order valence-electron chi connectivity index (χ1n) is 6.50. The van der Waals surface area contributed by atoms with E-state index in [0.29, 0.717) is 6.54 Å². The lowest BCUT2D eigenvalue weighted by atomic mass is 10.4. The molecule has 0 saturated carbocycles. The van der Waals surface area contributed by atoms with Crippen LogP contribution in [0, 0.1) is 6.92 Å². The van der Waals surface area contributed by atoms with Crippen LogP contribution in [0.3, 0.4) is 0 Å². The van der Waals surface area contributed by atoms with Crippen molar-refractivity contribution in [2.24, 2.45) is 4.99 Å². The molecule has 2 N–H and O–H groups in total. The molecule has 108 valence electrons. The molecule has 0 spiro atoms. The molecule has 2 aromatic heterocycles. The zero-order chi connectivity index (χ0) is 14.4. The fraction of sp³-hybridized carbons (Fsp3) is 0.462. The third-order valence-corrected chi connectivity index (χ3v) is 4.92. The van der Waals surface area contributed by atoms with E-state index >= 15 is 0 Å². The van der Waals surface area contributed by atoms with E-state index < -0.39 is 0 Å². The van der Waals surface area contributed by atoms with Crippen molar-refractivity contribution >= 4 is 28.6 Å². The molecule has 0 atom stereocenters. The van der Waals surface area contributed by atoms with Gasteiger partial charge in [0.1, 0.15) is 5.01 Å². The molecule has 0 aromatic carbocycles. The standard InChI is InChI=1S/C13H19N5S2/c1-4-10-5-15-12(20-10)7-17-13(14-3)16-6-11-9(2)18-8-19-11/h5,8H,4,6-7H2,1-3H3,(H2,14,16,17). The maximum atomic E-state index is 4.38. The van der Waals surface area contributed by atoms with Crippen LogP contribution in [0.2, 0.25) is 0 Å². The smallest absolute Gasteiger partial charge is 0.191 e. The Kier molecular flexibility index (Phi) is 5.49. The molecule has 7 heteroatoms. The van der Waals surface area contributed by atoms with Crippen molar-refractivity contribution in [1.82, 2.24) is 20.6 Å². The maximum absolute atomic E-state index is 4.38. The van der Waals surface area contributed by atoms with Crippen molar-refractivity contribution in [2.75, 3.05) is 7.05 Å². The molecule has 2 heterocycles. The molecular weight excluding hydrogens is 290 g/mol. The monoisotopic (exact) mass is 309 g/mol. The van der Waals surface area contributed by atoms with Gasteiger partial charge < -0.3 is 10.6 Å². The van der Waals surface area contributed by atoms with Gasteiger partial charge in [-0.2, -0.15) is 0 Å².